The Labute approximate surface area is 81.9 Å². The molecule has 72 valence electrons. The second kappa shape index (κ2) is 4.40. The molecule has 4 heteroatoms. The summed E-state index contributed by atoms with van der Waals surface area (Å²) in [6.07, 6.45) is 0. The number of nitro groups is 1. The molecule has 1 aromatic carbocycles. The number of hydrogen-bond donors (Lipinski definition) is 1. The third-order valence-corrected chi connectivity index (χ3v) is 1.83. The fourth-order valence-corrected chi connectivity index (χ4v) is 1.10. The Morgan fingerprint density at radius 3 is 2.86 bits per heavy atom. The van der Waals surface area contributed by atoms with Gasteiger partial charge in [0.25, 0.3) is 5.69 Å². The lowest BCUT2D eigenvalue weighted by atomic mass is 10.1. The molecule has 0 aliphatic carbocycles. The molecule has 0 aliphatic rings. The standard InChI is InChI=1S/C10H10N2O2/c1-8-9(5-3-7-11)4-2-6-10(8)12(13)14/h2,4,6H,7,11H2,1H3. The minimum atomic E-state index is -0.414. The van der Waals surface area contributed by atoms with E-state index in [1.807, 2.05) is 0 Å². The molecule has 1 rings (SSSR count). The van der Waals surface area contributed by atoms with Crippen molar-refractivity contribution in [3.8, 4) is 11.8 Å². The normalized spacial score (nSPS) is 9.00. The highest BCUT2D eigenvalue weighted by molar-refractivity contribution is 5.51. The summed E-state index contributed by atoms with van der Waals surface area (Å²) in [5.74, 6) is 5.46. The van der Waals surface area contributed by atoms with E-state index >= 15 is 0 Å². The molecule has 0 heterocycles. The van der Waals surface area contributed by atoms with Gasteiger partial charge in [-0.15, -0.1) is 0 Å². The quantitative estimate of drug-likeness (QED) is 0.411. The van der Waals surface area contributed by atoms with E-state index in [4.69, 9.17) is 5.73 Å². The van der Waals surface area contributed by atoms with Crippen molar-refractivity contribution in [2.45, 2.75) is 6.92 Å². The van der Waals surface area contributed by atoms with Crippen molar-refractivity contribution in [1.82, 2.24) is 0 Å². The minimum Gasteiger partial charge on any atom is -0.320 e. The summed E-state index contributed by atoms with van der Waals surface area (Å²) in [7, 11) is 0. The van der Waals surface area contributed by atoms with Crippen LogP contribution in [0.25, 0.3) is 0 Å². The van der Waals surface area contributed by atoms with E-state index in [9.17, 15) is 10.1 Å². The largest absolute Gasteiger partial charge is 0.320 e. The molecular formula is C10H10N2O2. The Hall–Kier alpha value is -1.86. The molecule has 0 bridgehead atoms. The summed E-state index contributed by atoms with van der Waals surface area (Å²) < 4.78 is 0. The molecule has 4 nitrogen and oxygen atoms in total. The van der Waals surface area contributed by atoms with Crippen LogP contribution in [0.15, 0.2) is 18.2 Å². The maximum atomic E-state index is 10.6. The molecule has 0 radical (unpaired) electrons. The maximum absolute atomic E-state index is 10.6. The van der Waals surface area contributed by atoms with Gasteiger partial charge in [0.1, 0.15) is 0 Å². The van der Waals surface area contributed by atoms with Gasteiger partial charge < -0.3 is 5.73 Å². The molecule has 0 aliphatic heterocycles. The highest BCUT2D eigenvalue weighted by atomic mass is 16.6. The van der Waals surface area contributed by atoms with Crippen molar-refractivity contribution in [2.75, 3.05) is 6.54 Å². The van der Waals surface area contributed by atoms with E-state index < -0.39 is 4.92 Å². The van der Waals surface area contributed by atoms with Crippen LogP contribution in [0.4, 0.5) is 5.69 Å². The van der Waals surface area contributed by atoms with Crippen LogP contribution < -0.4 is 5.73 Å². The third kappa shape index (κ3) is 2.09. The van der Waals surface area contributed by atoms with Crippen molar-refractivity contribution >= 4 is 5.69 Å². The monoisotopic (exact) mass is 190 g/mol. The van der Waals surface area contributed by atoms with Gasteiger partial charge in [-0.05, 0) is 13.0 Å². The van der Waals surface area contributed by atoms with Crippen molar-refractivity contribution in [3.05, 3.63) is 39.4 Å². The predicted molar refractivity (Wildman–Crippen MR) is 53.8 cm³/mol. The average molecular weight is 190 g/mol. The molecule has 2 N–H and O–H groups in total. The molecule has 14 heavy (non-hydrogen) atoms. The first-order valence-electron chi connectivity index (χ1n) is 4.09. The fraction of sp³-hybridized carbons (Fsp3) is 0.200. The number of nitro benzene ring substituents is 1. The summed E-state index contributed by atoms with van der Waals surface area (Å²) in [5.41, 5.74) is 6.55. The summed E-state index contributed by atoms with van der Waals surface area (Å²) >= 11 is 0. The Morgan fingerprint density at radius 2 is 2.29 bits per heavy atom. The summed E-state index contributed by atoms with van der Waals surface area (Å²) in [6.45, 7) is 1.93. The minimum absolute atomic E-state index is 0.0915. The van der Waals surface area contributed by atoms with Crippen LogP contribution in [-0.2, 0) is 0 Å². The first kappa shape index (κ1) is 10.2. The fourth-order valence-electron chi connectivity index (χ4n) is 1.10. The average Bonchev–Trinajstić information content (AvgIpc) is 2.16. The van der Waals surface area contributed by atoms with Gasteiger partial charge in [0.15, 0.2) is 0 Å². The molecule has 1 aromatic rings. The summed E-state index contributed by atoms with van der Waals surface area (Å²) in [4.78, 5) is 10.2. The maximum Gasteiger partial charge on any atom is 0.273 e. The first-order valence-corrected chi connectivity index (χ1v) is 4.09. The highest BCUT2D eigenvalue weighted by Gasteiger charge is 2.11. The summed E-state index contributed by atoms with van der Waals surface area (Å²) in [5, 5.41) is 10.6. The molecule has 0 atom stereocenters. The molecular weight excluding hydrogens is 180 g/mol. The van der Waals surface area contributed by atoms with E-state index in [-0.39, 0.29) is 12.2 Å². The van der Waals surface area contributed by atoms with E-state index in [1.54, 1.807) is 19.1 Å². The van der Waals surface area contributed by atoms with Crippen LogP contribution in [0.2, 0.25) is 0 Å². The molecule has 0 fully saturated rings. The van der Waals surface area contributed by atoms with Crippen LogP contribution in [0.1, 0.15) is 11.1 Å². The van der Waals surface area contributed by atoms with Crippen LogP contribution >= 0.6 is 0 Å². The SMILES string of the molecule is Cc1c(C#CCN)cccc1[N+](=O)[O-]. The van der Waals surface area contributed by atoms with E-state index in [1.165, 1.54) is 6.07 Å². The van der Waals surface area contributed by atoms with E-state index in [2.05, 4.69) is 11.8 Å². The Morgan fingerprint density at radius 1 is 1.57 bits per heavy atom. The molecule has 0 spiro atoms. The summed E-state index contributed by atoms with van der Waals surface area (Å²) in [6, 6.07) is 4.82. The van der Waals surface area contributed by atoms with Crippen molar-refractivity contribution in [3.63, 3.8) is 0 Å². The molecule has 0 amide bonds. The zero-order valence-corrected chi connectivity index (χ0v) is 7.78. The lowest BCUT2D eigenvalue weighted by Gasteiger charge is -1.98. The van der Waals surface area contributed by atoms with Gasteiger partial charge in [-0.3, -0.25) is 10.1 Å². The van der Waals surface area contributed by atoms with Crippen LogP contribution in [-0.4, -0.2) is 11.5 Å². The van der Waals surface area contributed by atoms with E-state index in [0.29, 0.717) is 11.1 Å². The van der Waals surface area contributed by atoms with Crippen molar-refractivity contribution in [2.24, 2.45) is 5.73 Å². The number of nitrogens with two attached hydrogens (primary N) is 1. The first-order chi connectivity index (χ1) is 6.66. The molecule has 0 saturated heterocycles. The highest BCUT2D eigenvalue weighted by Crippen LogP contribution is 2.19. The van der Waals surface area contributed by atoms with Gasteiger partial charge in [-0.25, -0.2) is 0 Å². The van der Waals surface area contributed by atoms with Gasteiger partial charge in [0.05, 0.1) is 11.5 Å². The van der Waals surface area contributed by atoms with Crippen molar-refractivity contribution in [1.29, 1.82) is 0 Å². The second-order valence-electron chi connectivity index (χ2n) is 2.71. The number of benzene rings is 1. The molecule has 0 aromatic heterocycles. The lowest BCUT2D eigenvalue weighted by molar-refractivity contribution is -0.385. The van der Waals surface area contributed by atoms with Crippen LogP contribution in [0, 0.1) is 28.9 Å². The predicted octanol–water partition coefficient (Wildman–Crippen LogP) is 1.21. The van der Waals surface area contributed by atoms with Crippen molar-refractivity contribution < 1.29 is 4.92 Å². The number of hydrogen-bond acceptors (Lipinski definition) is 3. The smallest absolute Gasteiger partial charge is 0.273 e. The van der Waals surface area contributed by atoms with Crippen LogP contribution in [0.5, 0.6) is 0 Å². The van der Waals surface area contributed by atoms with Gasteiger partial charge >= 0.3 is 0 Å². The third-order valence-electron chi connectivity index (χ3n) is 1.83. The van der Waals surface area contributed by atoms with Gasteiger partial charge in [-0.1, -0.05) is 17.9 Å². The second-order valence-corrected chi connectivity index (χ2v) is 2.71. The zero-order chi connectivity index (χ0) is 10.6. The number of rotatable bonds is 1. The van der Waals surface area contributed by atoms with Gasteiger partial charge in [-0.2, -0.15) is 0 Å². The Balaban J connectivity index is 3.20. The van der Waals surface area contributed by atoms with E-state index in [0.717, 1.165) is 0 Å². The van der Waals surface area contributed by atoms with Gasteiger partial charge in [0.2, 0.25) is 0 Å². The number of nitrogens with zero attached hydrogens (tertiary/aromatic N) is 1. The zero-order valence-electron chi connectivity index (χ0n) is 7.78. The lowest BCUT2D eigenvalue weighted by Crippen LogP contribution is -1.95. The van der Waals surface area contributed by atoms with Gasteiger partial charge in [0, 0.05) is 17.2 Å². The molecule has 0 unspecified atom stereocenters. The topological polar surface area (TPSA) is 69.2 Å². The van der Waals surface area contributed by atoms with Crippen LogP contribution in [0.3, 0.4) is 0 Å². The Bertz CT molecular complexity index is 416. The molecule has 0 saturated carbocycles. The Kier molecular flexibility index (Phi) is 3.21.